The van der Waals surface area contributed by atoms with Crippen LogP contribution in [-0.2, 0) is 9.84 Å². The third kappa shape index (κ3) is 2.85. The molecule has 0 amide bonds. The molecule has 22 heavy (non-hydrogen) atoms. The van der Waals surface area contributed by atoms with Crippen LogP contribution < -0.4 is 5.01 Å². The van der Waals surface area contributed by atoms with E-state index in [1.54, 1.807) is 41.4 Å². The van der Waals surface area contributed by atoms with Gasteiger partial charge in [0.25, 0.3) is 0 Å². The Labute approximate surface area is 128 Å². The zero-order valence-electron chi connectivity index (χ0n) is 11.8. The zero-order chi connectivity index (χ0) is 15.7. The summed E-state index contributed by atoms with van der Waals surface area (Å²) in [5.41, 5.74) is 1.64. The molecule has 0 bridgehead atoms. The maximum Gasteiger partial charge on any atom is 0.175 e. The van der Waals surface area contributed by atoms with Crippen LogP contribution in [0.25, 0.3) is 0 Å². The molecule has 3 rings (SSSR count). The smallest absolute Gasteiger partial charge is 0.175 e. The maximum absolute atomic E-state index is 13.0. The highest BCUT2D eigenvalue weighted by molar-refractivity contribution is 7.90. The highest BCUT2D eigenvalue weighted by Crippen LogP contribution is 2.32. The molecule has 114 valence electrons. The van der Waals surface area contributed by atoms with Crippen molar-refractivity contribution in [1.29, 1.82) is 0 Å². The van der Waals surface area contributed by atoms with Crippen LogP contribution in [-0.4, -0.2) is 21.2 Å². The van der Waals surface area contributed by atoms with Gasteiger partial charge in [-0.1, -0.05) is 17.4 Å². The zero-order valence-corrected chi connectivity index (χ0v) is 12.7. The molecule has 2 aromatic rings. The quantitative estimate of drug-likeness (QED) is 0.873. The van der Waals surface area contributed by atoms with Crippen molar-refractivity contribution in [2.24, 2.45) is 10.3 Å². The average Bonchev–Trinajstić information content (AvgIpc) is 2.97. The fraction of sp³-hybridized carbons (Fsp3) is 0.200. The lowest BCUT2D eigenvalue weighted by Crippen LogP contribution is -2.20. The molecule has 0 radical (unpaired) electrons. The van der Waals surface area contributed by atoms with Gasteiger partial charge in [0.05, 0.1) is 17.1 Å². The van der Waals surface area contributed by atoms with Gasteiger partial charge in [-0.25, -0.2) is 17.8 Å². The fourth-order valence-electron chi connectivity index (χ4n) is 2.33. The third-order valence-corrected chi connectivity index (χ3v) is 4.62. The van der Waals surface area contributed by atoms with Crippen LogP contribution in [0.4, 0.5) is 10.1 Å². The lowest BCUT2D eigenvalue weighted by Gasteiger charge is -2.22. The molecule has 0 saturated heterocycles. The molecule has 0 spiro atoms. The molecule has 1 aliphatic rings. The van der Waals surface area contributed by atoms with E-state index in [9.17, 15) is 12.8 Å². The van der Waals surface area contributed by atoms with Gasteiger partial charge in [0.2, 0.25) is 0 Å². The number of sulfone groups is 1. The SMILES string of the molecule is CS(=O)(=O)c1ccc(N2N=NCC2c2ccc(F)cc2)cc1. The molecule has 1 atom stereocenters. The van der Waals surface area contributed by atoms with Gasteiger partial charge in [0.15, 0.2) is 9.84 Å². The molecule has 2 aromatic carbocycles. The van der Waals surface area contributed by atoms with Crippen LogP contribution in [0.1, 0.15) is 11.6 Å². The Morgan fingerprint density at radius 1 is 1.09 bits per heavy atom. The Morgan fingerprint density at radius 3 is 2.32 bits per heavy atom. The Bertz CT molecular complexity index is 802. The maximum atomic E-state index is 13.0. The summed E-state index contributed by atoms with van der Waals surface area (Å²) in [5.74, 6) is -0.292. The summed E-state index contributed by atoms with van der Waals surface area (Å²) < 4.78 is 36.0. The number of halogens is 1. The van der Waals surface area contributed by atoms with Crippen molar-refractivity contribution in [1.82, 2.24) is 0 Å². The van der Waals surface area contributed by atoms with Gasteiger partial charge in [0, 0.05) is 6.26 Å². The summed E-state index contributed by atoms with van der Waals surface area (Å²) in [7, 11) is -3.23. The van der Waals surface area contributed by atoms with Gasteiger partial charge in [-0.2, -0.15) is 5.11 Å². The van der Waals surface area contributed by atoms with Gasteiger partial charge in [-0.05, 0) is 42.0 Å². The van der Waals surface area contributed by atoms with Crippen molar-refractivity contribution in [3.8, 4) is 0 Å². The number of rotatable bonds is 3. The average molecular weight is 319 g/mol. The van der Waals surface area contributed by atoms with Crippen LogP contribution in [0.3, 0.4) is 0 Å². The highest BCUT2D eigenvalue weighted by atomic mass is 32.2. The van der Waals surface area contributed by atoms with Gasteiger partial charge < -0.3 is 0 Å². The molecule has 0 N–H and O–H groups in total. The summed E-state index contributed by atoms with van der Waals surface area (Å²) in [6, 6.07) is 12.6. The van der Waals surface area contributed by atoms with Crippen molar-refractivity contribution >= 4 is 15.5 Å². The lowest BCUT2D eigenvalue weighted by molar-refractivity contribution is 0.602. The molecular formula is C15H14FN3O2S. The minimum atomic E-state index is -3.23. The minimum absolute atomic E-state index is 0.121. The second-order valence-corrected chi connectivity index (χ2v) is 7.11. The molecule has 0 aliphatic carbocycles. The van der Waals surface area contributed by atoms with E-state index >= 15 is 0 Å². The first-order valence-electron chi connectivity index (χ1n) is 6.67. The first-order valence-corrected chi connectivity index (χ1v) is 8.56. The second kappa shape index (κ2) is 5.49. The topological polar surface area (TPSA) is 62.1 Å². The minimum Gasteiger partial charge on any atom is -0.238 e. The van der Waals surface area contributed by atoms with E-state index < -0.39 is 9.84 Å². The molecule has 5 nitrogen and oxygen atoms in total. The van der Waals surface area contributed by atoms with Gasteiger partial charge in [-0.3, -0.25) is 0 Å². The van der Waals surface area contributed by atoms with Gasteiger partial charge in [0.1, 0.15) is 11.9 Å². The Kier molecular flexibility index (Phi) is 3.66. The number of hydrogen-bond acceptors (Lipinski definition) is 5. The van der Waals surface area contributed by atoms with E-state index in [1.165, 1.54) is 18.4 Å². The summed E-state index contributed by atoms with van der Waals surface area (Å²) in [6.07, 6.45) is 1.17. The van der Waals surface area contributed by atoms with E-state index in [0.29, 0.717) is 6.54 Å². The Balaban J connectivity index is 1.90. The Hall–Kier alpha value is -2.28. The molecule has 0 saturated carbocycles. The molecule has 7 heteroatoms. The standard InChI is InChI=1S/C15H14FN3O2S/c1-22(20,21)14-8-6-13(7-9-14)19-15(10-17-18-19)11-2-4-12(16)5-3-11/h2-9,15H,10H2,1H3. The predicted octanol–water partition coefficient (Wildman–Crippen LogP) is 3.16. The summed E-state index contributed by atoms with van der Waals surface area (Å²) in [4.78, 5) is 0.255. The van der Waals surface area contributed by atoms with E-state index in [2.05, 4.69) is 10.3 Å². The van der Waals surface area contributed by atoms with Crippen molar-refractivity contribution in [3.63, 3.8) is 0 Å². The molecule has 1 heterocycles. The number of benzene rings is 2. The van der Waals surface area contributed by atoms with Crippen molar-refractivity contribution in [2.45, 2.75) is 10.9 Å². The van der Waals surface area contributed by atoms with Gasteiger partial charge in [-0.15, -0.1) is 0 Å². The van der Waals surface area contributed by atoms with E-state index in [0.717, 1.165) is 11.3 Å². The largest absolute Gasteiger partial charge is 0.238 e. The van der Waals surface area contributed by atoms with E-state index in [-0.39, 0.29) is 16.8 Å². The Morgan fingerprint density at radius 2 is 1.73 bits per heavy atom. The van der Waals surface area contributed by atoms with Crippen LogP contribution in [0, 0.1) is 5.82 Å². The number of nitrogens with zero attached hydrogens (tertiary/aromatic N) is 3. The van der Waals surface area contributed by atoms with Crippen molar-refractivity contribution in [3.05, 3.63) is 59.9 Å². The van der Waals surface area contributed by atoms with Crippen LogP contribution in [0.15, 0.2) is 63.8 Å². The van der Waals surface area contributed by atoms with E-state index in [4.69, 9.17) is 0 Å². The van der Waals surface area contributed by atoms with Crippen LogP contribution >= 0.6 is 0 Å². The second-order valence-electron chi connectivity index (χ2n) is 5.09. The molecule has 0 aromatic heterocycles. The molecular weight excluding hydrogens is 305 g/mol. The monoisotopic (exact) mass is 319 g/mol. The highest BCUT2D eigenvalue weighted by Gasteiger charge is 2.25. The third-order valence-electron chi connectivity index (χ3n) is 3.49. The summed E-state index contributed by atoms with van der Waals surface area (Å²) in [6.45, 7) is 0.472. The van der Waals surface area contributed by atoms with Crippen molar-refractivity contribution < 1.29 is 12.8 Å². The molecule has 1 unspecified atom stereocenters. The first-order chi connectivity index (χ1) is 10.4. The van der Waals surface area contributed by atoms with E-state index in [1.807, 2.05) is 0 Å². The predicted molar refractivity (Wildman–Crippen MR) is 80.9 cm³/mol. The normalized spacial score (nSPS) is 17.9. The fourth-order valence-corrected chi connectivity index (χ4v) is 2.96. The van der Waals surface area contributed by atoms with Crippen molar-refractivity contribution in [2.75, 3.05) is 17.8 Å². The van der Waals surface area contributed by atoms with Crippen LogP contribution in [0.5, 0.6) is 0 Å². The van der Waals surface area contributed by atoms with Gasteiger partial charge >= 0.3 is 0 Å². The number of anilines is 1. The molecule has 0 fully saturated rings. The molecule has 1 aliphatic heterocycles. The first kappa shape index (κ1) is 14.6. The summed E-state index contributed by atoms with van der Waals surface area (Å²) in [5, 5.41) is 9.83. The summed E-state index contributed by atoms with van der Waals surface area (Å²) >= 11 is 0. The lowest BCUT2D eigenvalue weighted by atomic mass is 10.1. The van der Waals surface area contributed by atoms with Crippen LogP contribution in [0.2, 0.25) is 0 Å². The number of hydrogen-bond donors (Lipinski definition) is 0.